The highest BCUT2D eigenvalue weighted by Crippen LogP contribution is 2.34. The lowest BCUT2D eigenvalue weighted by molar-refractivity contribution is -0.305. The molecule has 0 rings (SSSR count). The molecule has 66 valence electrons. The Balaban J connectivity index is 3.79. The third-order valence-corrected chi connectivity index (χ3v) is 1.68. The van der Waals surface area contributed by atoms with Crippen LogP contribution in [-0.2, 0) is 9.36 Å². The maximum Gasteiger partial charge on any atom is 0.339 e. The summed E-state index contributed by atoms with van der Waals surface area (Å²) in [5, 5.41) is 9.89. The van der Waals surface area contributed by atoms with Crippen LogP contribution in [0.15, 0.2) is 0 Å². The van der Waals surface area contributed by atoms with Crippen LogP contribution in [0.3, 0.4) is 0 Å². The number of likely N-dealkylation sites (N-methyl/N-ethyl adjacent to an activating group) is 1. The maximum absolute atomic E-state index is 10.3. The molecule has 0 aromatic rings. The highest BCUT2D eigenvalue weighted by molar-refractivity contribution is 7.51. The van der Waals surface area contributed by atoms with Crippen molar-refractivity contribution in [2.45, 2.75) is 0 Å². The Kier molecular flexibility index (Phi) is 3.68. The van der Waals surface area contributed by atoms with Crippen LogP contribution in [0.2, 0.25) is 0 Å². The van der Waals surface area contributed by atoms with E-state index in [1.807, 2.05) is 0 Å². The molecule has 0 saturated carbocycles. The number of carbonyl (C=O) groups excluding carboxylic acids is 1. The van der Waals surface area contributed by atoms with E-state index in [1.54, 1.807) is 0 Å². The van der Waals surface area contributed by atoms with E-state index in [-0.39, 0.29) is 0 Å². The van der Waals surface area contributed by atoms with Crippen LogP contribution < -0.4 is 5.11 Å². The molecule has 0 radical (unpaired) electrons. The first-order valence-electron chi connectivity index (χ1n) is 2.74. The smallest absolute Gasteiger partial charge is 0.339 e. The monoisotopic (exact) mass is 182 g/mol. The van der Waals surface area contributed by atoms with Crippen LogP contribution >= 0.6 is 7.60 Å². The van der Waals surface area contributed by atoms with Gasteiger partial charge in [-0.15, -0.1) is 0 Å². The van der Waals surface area contributed by atoms with E-state index in [0.717, 1.165) is 4.90 Å². The van der Waals surface area contributed by atoms with E-state index in [2.05, 4.69) is 0 Å². The van der Waals surface area contributed by atoms with Crippen LogP contribution in [0, 0.1) is 0 Å². The standard InChI is InChI=1S/C4H10NO5P/c1-5(2-4(6)7)3-11(8,9)10/h2-3H2,1H3,(H,6,7)(H2,8,9,10)/p-1. The van der Waals surface area contributed by atoms with Crippen molar-refractivity contribution >= 4 is 13.6 Å². The summed E-state index contributed by atoms with van der Waals surface area (Å²) in [4.78, 5) is 27.6. The Morgan fingerprint density at radius 3 is 2.36 bits per heavy atom. The predicted molar refractivity (Wildman–Crippen MR) is 34.5 cm³/mol. The van der Waals surface area contributed by atoms with E-state index in [0.29, 0.717) is 0 Å². The molecule has 0 bridgehead atoms. The summed E-state index contributed by atoms with van der Waals surface area (Å²) >= 11 is 0. The molecule has 0 aliphatic heterocycles. The normalized spacial score (nSPS) is 12.0. The molecule has 0 saturated heterocycles. The fraction of sp³-hybridized carbons (Fsp3) is 0.750. The SMILES string of the molecule is CN(CC(=O)[O-])CP(=O)(O)O. The number of carbonyl (C=O) groups is 1. The highest BCUT2D eigenvalue weighted by atomic mass is 31.2. The number of hydrogen-bond donors (Lipinski definition) is 2. The minimum absolute atomic E-state index is 0.481. The summed E-state index contributed by atoms with van der Waals surface area (Å²) in [5.74, 6) is -1.36. The van der Waals surface area contributed by atoms with E-state index in [4.69, 9.17) is 9.79 Å². The van der Waals surface area contributed by atoms with Gasteiger partial charge >= 0.3 is 7.60 Å². The minimum Gasteiger partial charge on any atom is -0.549 e. The first kappa shape index (κ1) is 10.6. The average molecular weight is 182 g/mol. The molecule has 11 heavy (non-hydrogen) atoms. The quantitative estimate of drug-likeness (QED) is 0.478. The molecule has 0 aromatic heterocycles. The van der Waals surface area contributed by atoms with Gasteiger partial charge < -0.3 is 19.7 Å². The lowest BCUT2D eigenvalue weighted by atomic mass is 10.6. The van der Waals surface area contributed by atoms with E-state index in [9.17, 15) is 14.5 Å². The van der Waals surface area contributed by atoms with Crippen LogP contribution in [0.4, 0.5) is 0 Å². The number of nitrogens with zero attached hydrogens (tertiary/aromatic N) is 1. The second-order valence-corrected chi connectivity index (χ2v) is 3.80. The lowest BCUT2D eigenvalue weighted by Gasteiger charge is -2.16. The molecule has 2 N–H and O–H groups in total. The number of carboxylic acids is 1. The van der Waals surface area contributed by atoms with E-state index < -0.39 is 26.4 Å². The predicted octanol–water partition coefficient (Wildman–Crippen LogP) is -2.20. The number of hydrogen-bond acceptors (Lipinski definition) is 4. The Hall–Kier alpha value is -0.420. The molecular weight excluding hydrogens is 173 g/mol. The van der Waals surface area contributed by atoms with Gasteiger partial charge in [0.25, 0.3) is 0 Å². The molecule has 6 nitrogen and oxygen atoms in total. The van der Waals surface area contributed by atoms with Crippen molar-refractivity contribution in [3.8, 4) is 0 Å². The van der Waals surface area contributed by atoms with Gasteiger partial charge in [-0.2, -0.15) is 0 Å². The van der Waals surface area contributed by atoms with Crippen molar-refractivity contribution in [3.63, 3.8) is 0 Å². The largest absolute Gasteiger partial charge is 0.549 e. The molecule has 0 amide bonds. The van der Waals surface area contributed by atoms with Crippen molar-refractivity contribution in [1.82, 2.24) is 4.90 Å². The summed E-state index contributed by atoms with van der Waals surface area (Å²) in [6.07, 6.45) is -0.568. The van der Waals surface area contributed by atoms with Crippen LogP contribution in [0.1, 0.15) is 0 Å². The van der Waals surface area contributed by atoms with Gasteiger partial charge in [0, 0.05) is 6.54 Å². The fourth-order valence-corrected chi connectivity index (χ4v) is 1.31. The van der Waals surface area contributed by atoms with Crippen LogP contribution in [-0.4, -0.2) is 40.5 Å². The zero-order valence-corrected chi connectivity index (χ0v) is 6.82. The second kappa shape index (κ2) is 3.82. The summed E-state index contributed by atoms with van der Waals surface area (Å²) in [7, 11) is -2.86. The van der Waals surface area contributed by atoms with Crippen molar-refractivity contribution in [2.24, 2.45) is 0 Å². The van der Waals surface area contributed by atoms with Gasteiger partial charge in [-0.1, -0.05) is 0 Å². The first-order chi connectivity index (χ1) is 4.81. The molecular formula is C4H9NO5P-. The zero-order valence-electron chi connectivity index (χ0n) is 5.93. The molecule has 0 aliphatic carbocycles. The van der Waals surface area contributed by atoms with Crippen molar-refractivity contribution in [3.05, 3.63) is 0 Å². The molecule has 0 spiro atoms. The molecule has 0 aromatic carbocycles. The number of carboxylic acid groups (broad SMARTS) is 1. The fourth-order valence-electron chi connectivity index (χ4n) is 0.585. The molecule has 7 heteroatoms. The van der Waals surface area contributed by atoms with E-state index >= 15 is 0 Å². The Labute approximate surface area is 63.6 Å². The number of rotatable bonds is 4. The third kappa shape index (κ3) is 7.48. The molecule has 0 aliphatic rings. The van der Waals surface area contributed by atoms with Crippen LogP contribution in [0.5, 0.6) is 0 Å². The molecule has 0 unspecified atom stereocenters. The maximum atomic E-state index is 10.3. The Morgan fingerprint density at radius 1 is 1.64 bits per heavy atom. The second-order valence-electron chi connectivity index (χ2n) is 2.19. The number of aliphatic carboxylic acids is 1. The first-order valence-corrected chi connectivity index (χ1v) is 4.54. The van der Waals surface area contributed by atoms with Crippen molar-refractivity contribution in [2.75, 3.05) is 19.9 Å². The van der Waals surface area contributed by atoms with Gasteiger partial charge in [0.1, 0.15) is 6.29 Å². The zero-order chi connectivity index (χ0) is 9.07. The minimum atomic E-state index is -4.14. The van der Waals surface area contributed by atoms with E-state index in [1.165, 1.54) is 7.05 Å². The summed E-state index contributed by atoms with van der Waals surface area (Å²) in [6, 6.07) is 0. The highest BCUT2D eigenvalue weighted by Gasteiger charge is 2.15. The van der Waals surface area contributed by atoms with Crippen LogP contribution in [0.25, 0.3) is 0 Å². The average Bonchev–Trinajstić information content (AvgIpc) is 1.53. The van der Waals surface area contributed by atoms with Crippen molar-refractivity contribution < 1.29 is 24.3 Å². The molecule has 0 fully saturated rings. The van der Waals surface area contributed by atoms with Gasteiger partial charge in [-0.25, -0.2) is 0 Å². The third-order valence-electron chi connectivity index (χ3n) is 0.825. The van der Waals surface area contributed by atoms with Gasteiger partial charge in [-0.3, -0.25) is 9.46 Å². The van der Waals surface area contributed by atoms with Gasteiger partial charge in [0.2, 0.25) is 0 Å². The topological polar surface area (TPSA) is 101 Å². The molecule has 0 atom stereocenters. The lowest BCUT2D eigenvalue weighted by Crippen LogP contribution is -2.36. The van der Waals surface area contributed by atoms with Crippen molar-refractivity contribution in [1.29, 1.82) is 0 Å². The summed E-state index contributed by atoms with van der Waals surface area (Å²) in [6.45, 7) is -0.481. The van der Waals surface area contributed by atoms with Gasteiger partial charge in [0.15, 0.2) is 0 Å². The van der Waals surface area contributed by atoms with Gasteiger partial charge in [0.05, 0.1) is 5.97 Å². The summed E-state index contributed by atoms with van der Waals surface area (Å²) < 4.78 is 10.3. The summed E-state index contributed by atoms with van der Waals surface area (Å²) in [5.41, 5.74) is 0. The van der Waals surface area contributed by atoms with Gasteiger partial charge in [-0.05, 0) is 7.05 Å². The molecule has 0 heterocycles. The Bertz CT molecular complexity index is 187. The Morgan fingerprint density at radius 2 is 2.09 bits per heavy atom.